The number of hydrogen-bond donors (Lipinski definition) is 1. The molecule has 0 saturated carbocycles. The maximum Gasteiger partial charge on any atom is 0.261 e. The zero-order valence-corrected chi connectivity index (χ0v) is 20.7. The number of ether oxygens (including phenoxy) is 1. The van der Waals surface area contributed by atoms with Gasteiger partial charge in [0.15, 0.2) is 6.61 Å². The van der Waals surface area contributed by atoms with Crippen LogP contribution in [0.5, 0.6) is 5.75 Å². The van der Waals surface area contributed by atoms with E-state index < -0.39 is 11.9 Å². The Morgan fingerprint density at radius 2 is 1.66 bits per heavy atom. The highest BCUT2D eigenvalue weighted by atomic mass is 35.5. The van der Waals surface area contributed by atoms with Gasteiger partial charge in [-0.25, -0.2) is 4.39 Å². The zero-order chi connectivity index (χ0) is 25.2. The molecule has 0 spiro atoms. The number of nitrogens with one attached hydrogen (secondary N) is 1. The summed E-state index contributed by atoms with van der Waals surface area (Å²) in [7, 11) is 0. The number of carbonyl (C=O) groups excluding carboxylic acids is 2. The molecule has 3 rings (SSSR count). The van der Waals surface area contributed by atoms with Crippen molar-refractivity contribution in [1.82, 2.24) is 10.2 Å². The summed E-state index contributed by atoms with van der Waals surface area (Å²) in [5.74, 6) is -0.658. The summed E-state index contributed by atoms with van der Waals surface area (Å²) < 4.78 is 18.9. The number of halogens is 2. The van der Waals surface area contributed by atoms with Crippen LogP contribution >= 0.6 is 11.6 Å². The van der Waals surface area contributed by atoms with Crippen molar-refractivity contribution >= 4 is 23.4 Å². The molecule has 35 heavy (non-hydrogen) atoms. The molecule has 0 aliphatic rings. The largest absolute Gasteiger partial charge is 0.484 e. The molecule has 7 heteroatoms. The first kappa shape index (κ1) is 26.2. The minimum Gasteiger partial charge on any atom is -0.484 e. The molecule has 0 radical (unpaired) electrons. The van der Waals surface area contributed by atoms with E-state index in [1.807, 2.05) is 62.4 Å². The molecule has 0 aliphatic heterocycles. The Hall–Kier alpha value is -3.38. The number of benzene rings is 3. The first-order valence-electron chi connectivity index (χ1n) is 11.6. The van der Waals surface area contributed by atoms with Gasteiger partial charge in [-0.15, -0.1) is 0 Å². The van der Waals surface area contributed by atoms with Gasteiger partial charge in [0.2, 0.25) is 5.91 Å². The Morgan fingerprint density at radius 3 is 2.31 bits per heavy atom. The van der Waals surface area contributed by atoms with Gasteiger partial charge in [-0.1, -0.05) is 67.1 Å². The molecule has 2 amide bonds. The number of carbonyl (C=O) groups is 2. The first-order chi connectivity index (χ1) is 16.9. The highest BCUT2D eigenvalue weighted by Gasteiger charge is 2.31. The molecule has 0 saturated heterocycles. The molecule has 0 heterocycles. The fourth-order valence-corrected chi connectivity index (χ4v) is 3.76. The third-order valence-electron chi connectivity index (χ3n) is 5.75. The predicted octanol–water partition coefficient (Wildman–Crippen LogP) is 5.41. The Balaban J connectivity index is 1.91. The van der Waals surface area contributed by atoms with Gasteiger partial charge in [0.1, 0.15) is 17.6 Å². The molecule has 3 aromatic carbocycles. The molecule has 1 N–H and O–H groups in total. The van der Waals surface area contributed by atoms with E-state index >= 15 is 0 Å². The van der Waals surface area contributed by atoms with Crippen LogP contribution < -0.4 is 10.1 Å². The maximum atomic E-state index is 13.5. The molecule has 0 fully saturated rings. The molecule has 2 atom stereocenters. The second-order valence-electron chi connectivity index (χ2n) is 8.38. The van der Waals surface area contributed by atoms with Crippen molar-refractivity contribution in [2.75, 3.05) is 6.61 Å². The van der Waals surface area contributed by atoms with Gasteiger partial charge in [-0.2, -0.15) is 0 Å². The maximum absolute atomic E-state index is 13.5. The number of nitrogens with zero attached hydrogens (tertiary/aromatic N) is 1. The second-order valence-corrected chi connectivity index (χ2v) is 8.79. The average molecular weight is 497 g/mol. The summed E-state index contributed by atoms with van der Waals surface area (Å²) in [6.45, 7) is 3.74. The van der Waals surface area contributed by atoms with E-state index in [2.05, 4.69) is 5.32 Å². The highest BCUT2D eigenvalue weighted by Crippen LogP contribution is 2.21. The van der Waals surface area contributed by atoms with Crippen LogP contribution in [-0.2, 0) is 22.6 Å². The average Bonchev–Trinajstić information content (AvgIpc) is 2.87. The normalized spacial score (nSPS) is 12.5. The van der Waals surface area contributed by atoms with E-state index in [1.54, 1.807) is 6.07 Å². The smallest absolute Gasteiger partial charge is 0.261 e. The lowest BCUT2D eigenvalue weighted by molar-refractivity contribution is -0.143. The Labute approximate surface area is 210 Å². The van der Waals surface area contributed by atoms with Crippen molar-refractivity contribution in [3.63, 3.8) is 0 Å². The third-order valence-corrected chi connectivity index (χ3v) is 6.12. The van der Waals surface area contributed by atoms with Crippen molar-refractivity contribution in [3.8, 4) is 5.75 Å². The topological polar surface area (TPSA) is 58.6 Å². The highest BCUT2D eigenvalue weighted by molar-refractivity contribution is 6.31. The van der Waals surface area contributed by atoms with Crippen molar-refractivity contribution in [2.24, 2.45) is 0 Å². The van der Waals surface area contributed by atoms with Gasteiger partial charge in [-0.05, 0) is 54.8 Å². The van der Waals surface area contributed by atoms with E-state index in [1.165, 1.54) is 29.2 Å². The van der Waals surface area contributed by atoms with Gasteiger partial charge in [0.05, 0.1) is 0 Å². The van der Waals surface area contributed by atoms with Crippen LogP contribution in [0.25, 0.3) is 0 Å². The van der Waals surface area contributed by atoms with E-state index in [0.29, 0.717) is 17.2 Å². The second kappa shape index (κ2) is 12.9. The van der Waals surface area contributed by atoms with Crippen molar-refractivity contribution in [3.05, 3.63) is 101 Å². The van der Waals surface area contributed by atoms with Gasteiger partial charge in [0.25, 0.3) is 5.91 Å². The summed E-state index contributed by atoms with van der Waals surface area (Å²) in [5.41, 5.74) is 1.65. The fourth-order valence-electron chi connectivity index (χ4n) is 3.56. The van der Waals surface area contributed by atoms with E-state index in [4.69, 9.17) is 16.3 Å². The molecular formula is C28H30ClFN2O3. The SMILES string of the molecule is CCC(C)NC(=O)C(Cc1ccccc1)N(Cc1ccccc1Cl)C(=O)COc1ccc(F)cc1. The Bertz CT molecular complexity index is 1110. The number of rotatable bonds is 11. The van der Waals surface area contributed by atoms with Crippen LogP contribution in [0, 0.1) is 5.82 Å². The molecule has 3 aromatic rings. The lowest BCUT2D eigenvalue weighted by Crippen LogP contribution is -2.53. The van der Waals surface area contributed by atoms with Crippen LogP contribution in [0.2, 0.25) is 5.02 Å². The summed E-state index contributed by atoms with van der Waals surface area (Å²) >= 11 is 6.41. The van der Waals surface area contributed by atoms with Crippen molar-refractivity contribution in [1.29, 1.82) is 0 Å². The summed E-state index contributed by atoms with van der Waals surface area (Å²) in [6.07, 6.45) is 1.09. The minimum atomic E-state index is -0.785. The van der Waals surface area contributed by atoms with Crippen LogP contribution in [0.3, 0.4) is 0 Å². The standard InChI is InChI=1S/C28H30ClFN2O3/c1-3-20(2)31-28(34)26(17-21-9-5-4-6-10-21)32(18-22-11-7-8-12-25(22)29)27(33)19-35-24-15-13-23(30)14-16-24/h4-16,20,26H,3,17-19H2,1-2H3,(H,31,34). The predicted molar refractivity (Wildman–Crippen MR) is 136 cm³/mol. The van der Waals surface area contributed by atoms with Gasteiger partial charge >= 0.3 is 0 Å². The molecule has 0 aromatic heterocycles. The first-order valence-corrected chi connectivity index (χ1v) is 12.0. The lowest BCUT2D eigenvalue weighted by Gasteiger charge is -2.32. The molecule has 5 nitrogen and oxygen atoms in total. The van der Waals surface area contributed by atoms with Crippen molar-refractivity contribution < 1.29 is 18.7 Å². The third kappa shape index (κ3) is 7.82. The molecule has 0 bridgehead atoms. The summed E-state index contributed by atoms with van der Waals surface area (Å²) in [6, 6.07) is 21.4. The lowest BCUT2D eigenvalue weighted by atomic mass is 10.0. The Morgan fingerprint density at radius 1 is 1.00 bits per heavy atom. The number of amides is 2. The van der Waals surface area contributed by atoms with E-state index in [-0.39, 0.29) is 31.0 Å². The van der Waals surface area contributed by atoms with Crippen LogP contribution in [0.15, 0.2) is 78.9 Å². The molecule has 0 aliphatic carbocycles. The quantitative estimate of drug-likeness (QED) is 0.386. The van der Waals surface area contributed by atoms with Gasteiger partial charge in [-0.3, -0.25) is 9.59 Å². The summed E-state index contributed by atoms with van der Waals surface area (Å²) in [4.78, 5) is 28.4. The molecule has 184 valence electrons. The fraction of sp³-hybridized carbons (Fsp3) is 0.286. The van der Waals surface area contributed by atoms with Crippen molar-refractivity contribution in [2.45, 2.75) is 45.3 Å². The van der Waals surface area contributed by atoms with Gasteiger partial charge < -0.3 is 15.0 Å². The van der Waals surface area contributed by atoms with Crippen LogP contribution in [-0.4, -0.2) is 35.4 Å². The van der Waals surface area contributed by atoms with E-state index in [9.17, 15) is 14.0 Å². The summed E-state index contributed by atoms with van der Waals surface area (Å²) in [5, 5.41) is 3.52. The Kier molecular flexibility index (Phi) is 9.67. The molecular weight excluding hydrogens is 467 g/mol. The monoisotopic (exact) mass is 496 g/mol. The zero-order valence-electron chi connectivity index (χ0n) is 19.9. The molecule has 2 unspecified atom stereocenters. The minimum absolute atomic E-state index is 0.0477. The van der Waals surface area contributed by atoms with Crippen LogP contribution in [0.1, 0.15) is 31.4 Å². The van der Waals surface area contributed by atoms with Crippen LogP contribution in [0.4, 0.5) is 4.39 Å². The number of hydrogen-bond acceptors (Lipinski definition) is 3. The van der Waals surface area contributed by atoms with E-state index in [0.717, 1.165) is 17.5 Å². The van der Waals surface area contributed by atoms with Gasteiger partial charge in [0, 0.05) is 24.0 Å².